The molecule has 148 valence electrons. The summed E-state index contributed by atoms with van der Waals surface area (Å²) in [7, 11) is -3.67. The highest BCUT2D eigenvalue weighted by molar-refractivity contribution is 7.92. The van der Waals surface area contributed by atoms with Crippen molar-refractivity contribution in [3.8, 4) is 0 Å². The third-order valence-electron chi connectivity index (χ3n) is 5.11. The fourth-order valence-electron chi connectivity index (χ4n) is 3.61. The molecular formula is C20H21ClN2O4S. The van der Waals surface area contributed by atoms with Gasteiger partial charge in [-0.05, 0) is 67.3 Å². The molecule has 28 heavy (non-hydrogen) atoms. The van der Waals surface area contributed by atoms with E-state index in [1.165, 1.54) is 16.4 Å². The van der Waals surface area contributed by atoms with Crippen molar-refractivity contribution in [2.24, 2.45) is 0 Å². The zero-order valence-corrected chi connectivity index (χ0v) is 16.8. The molecule has 1 amide bonds. The van der Waals surface area contributed by atoms with Gasteiger partial charge in [-0.25, -0.2) is 8.42 Å². The summed E-state index contributed by atoms with van der Waals surface area (Å²) >= 11 is 5.86. The molecule has 2 aliphatic rings. The van der Waals surface area contributed by atoms with Gasteiger partial charge in [0.15, 0.2) is 0 Å². The number of hydrogen-bond acceptors (Lipinski definition) is 4. The number of nitrogens with zero attached hydrogens (tertiary/aromatic N) is 1. The molecule has 1 N–H and O–H groups in total. The summed E-state index contributed by atoms with van der Waals surface area (Å²) in [5.41, 5.74) is 2.00. The number of nitrogens with one attached hydrogen (secondary N) is 1. The molecule has 2 aromatic rings. The first-order valence-electron chi connectivity index (χ1n) is 9.26. The molecule has 6 nitrogen and oxygen atoms in total. The first-order chi connectivity index (χ1) is 13.4. The molecule has 0 unspecified atom stereocenters. The lowest BCUT2D eigenvalue weighted by molar-refractivity contribution is 0.0857. The van der Waals surface area contributed by atoms with Crippen molar-refractivity contribution in [3.05, 3.63) is 58.6 Å². The smallest absolute Gasteiger partial charge is 0.264 e. The SMILES string of the molecule is O=C(NC[C@H]1CCCO1)c1ccc2c(c1)CCN2S(=O)(=O)c1ccc(Cl)cc1. The minimum Gasteiger partial charge on any atom is -0.376 e. The fraction of sp³-hybridized carbons (Fsp3) is 0.350. The van der Waals surface area contributed by atoms with Crippen LogP contribution in [0.25, 0.3) is 0 Å². The Kier molecular flexibility index (Phi) is 5.31. The van der Waals surface area contributed by atoms with E-state index in [1.807, 2.05) is 0 Å². The maximum atomic E-state index is 13.0. The molecule has 1 fully saturated rings. The van der Waals surface area contributed by atoms with Crippen molar-refractivity contribution < 1.29 is 17.9 Å². The normalized spacial score (nSPS) is 18.9. The Morgan fingerprint density at radius 3 is 2.71 bits per heavy atom. The number of anilines is 1. The van der Waals surface area contributed by atoms with E-state index in [9.17, 15) is 13.2 Å². The maximum absolute atomic E-state index is 13.0. The molecule has 0 aromatic heterocycles. The lowest BCUT2D eigenvalue weighted by Crippen LogP contribution is -2.31. The van der Waals surface area contributed by atoms with Gasteiger partial charge in [-0.3, -0.25) is 9.10 Å². The van der Waals surface area contributed by atoms with Gasteiger partial charge in [0, 0.05) is 30.3 Å². The zero-order valence-electron chi connectivity index (χ0n) is 15.2. The largest absolute Gasteiger partial charge is 0.376 e. The van der Waals surface area contributed by atoms with Gasteiger partial charge in [0.1, 0.15) is 0 Å². The van der Waals surface area contributed by atoms with Crippen molar-refractivity contribution in [1.29, 1.82) is 0 Å². The highest BCUT2D eigenvalue weighted by atomic mass is 35.5. The molecule has 2 heterocycles. The van der Waals surface area contributed by atoms with Crippen LogP contribution in [0, 0.1) is 0 Å². The van der Waals surface area contributed by atoms with E-state index < -0.39 is 10.0 Å². The van der Waals surface area contributed by atoms with E-state index in [1.54, 1.807) is 30.3 Å². The summed E-state index contributed by atoms with van der Waals surface area (Å²) in [5.74, 6) is -0.169. The van der Waals surface area contributed by atoms with Crippen molar-refractivity contribution >= 4 is 33.2 Å². The Labute approximate surface area is 169 Å². The number of carbonyl (C=O) groups excluding carboxylic acids is 1. The second-order valence-corrected chi connectivity index (χ2v) is 9.27. The molecule has 2 aliphatic heterocycles. The van der Waals surface area contributed by atoms with Gasteiger partial charge in [0.05, 0.1) is 16.7 Å². The van der Waals surface area contributed by atoms with Crippen LogP contribution in [0.4, 0.5) is 5.69 Å². The van der Waals surface area contributed by atoms with Gasteiger partial charge in [0.2, 0.25) is 0 Å². The van der Waals surface area contributed by atoms with Crippen molar-refractivity contribution in [3.63, 3.8) is 0 Å². The Balaban J connectivity index is 1.51. The Morgan fingerprint density at radius 2 is 2.00 bits per heavy atom. The lowest BCUT2D eigenvalue weighted by atomic mass is 10.1. The number of rotatable bonds is 5. The van der Waals surface area contributed by atoms with Crippen molar-refractivity contribution in [2.75, 3.05) is 24.0 Å². The number of carbonyl (C=O) groups is 1. The van der Waals surface area contributed by atoms with Crippen LogP contribution in [0.3, 0.4) is 0 Å². The lowest BCUT2D eigenvalue weighted by Gasteiger charge is -2.20. The van der Waals surface area contributed by atoms with E-state index in [-0.39, 0.29) is 16.9 Å². The van der Waals surface area contributed by atoms with Crippen LogP contribution in [0.1, 0.15) is 28.8 Å². The van der Waals surface area contributed by atoms with Crippen molar-refractivity contribution in [1.82, 2.24) is 5.32 Å². The average molecular weight is 421 g/mol. The van der Waals surface area contributed by atoms with Gasteiger partial charge in [-0.2, -0.15) is 0 Å². The molecule has 1 saturated heterocycles. The summed E-state index contributed by atoms with van der Waals surface area (Å²) in [4.78, 5) is 12.6. The topological polar surface area (TPSA) is 75.7 Å². The highest BCUT2D eigenvalue weighted by Gasteiger charge is 2.31. The predicted molar refractivity (Wildman–Crippen MR) is 107 cm³/mol. The fourth-order valence-corrected chi connectivity index (χ4v) is 5.24. The van der Waals surface area contributed by atoms with Gasteiger partial charge in [-0.15, -0.1) is 0 Å². The second-order valence-electron chi connectivity index (χ2n) is 6.97. The van der Waals surface area contributed by atoms with Crippen LogP contribution in [0.15, 0.2) is 47.4 Å². The summed E-state index contributed by atoms with van der Waals surface area (Å²) in [6.45, 7) is 1.59. The molecule has 0 spiro atoms. The van der Waals surface area contributed by atoms with Crippen LogP contribution in [-0.4, -0.2) is 40.1 Å². The monoisotopic (exact) mass is 420 g/mol. The zero-order chi connectivity index (χ0) is 19.7. The van der Waals surface area contributed by atoms with Crippen LogP contribution in [-0.2, 0) is 21.2 Å². The number of fused-ring (bicyclic) bond motifs is 1. The van der Waals surface area contributed by atoms with Crippen LogP contribution in [0.2, 0.25) is 5.02 Å². The number of benzene rings is 2. The summed E-state index contributed by atoms with van der Waals surface area (Å²) in [6.07, 6.45) is 2.63. The van der Waals surface area contributed by atoms with E-state index in [4.69, 9.17) is 16.3 Å². The number of ether oxygens (including phenoxy) is 1. The summed E-state index contributed by atoms with van der Waals surface area (Å²) < 4.78 is 32.8. The third-order valence-corrected chi connectivity index (χ3v) is 7.19. The van der Waals surface area contributed by atoms with Crippen LogP contribution >= 0.6 is 11.6 Å². The first-order valence-corrected chi connectivity index (χ1v) is 11.1. The van der Waals surface area contributed by atoms with E-state index in [0.717, 1.165) is 25.0 Å². The van der Waals surface area contributed by atoms with Gasteiger partial charge >= 0.3 is 0 Å². The standard InChI is InChI=1S/C20H21ClN2O4S/c21-16-4-6-18(7-5-16)28(25,26)23-10-9-14-12-15(3-8-19(14)23)20(24)22-13-17-2-1-11-27-17/h3-8,12,17H,1-2,9-11,13H2,(H,22,24)/t17-/m1/s1. The average Bonchev–Trinajstić information content (AvgIpc) is 3.35. The minimum absolute atomic E-state index is 0.0818. The molecular weight excluding hydrogens is 400 g/mol. The van der Waals surface area contributed by atoms with E-state index in [2.05, 4.69) is 5.32 Å². The van der Waals surface area contributed by atoms with E-state index in [0.29, 0.717) is 35.8 Å². The highest BCUT2D eigenvalue weighted by Crippen LogP contribution is 2.33. The molecule has 0 saturated carbocycles. The molecule has 1 atom stereocenters. The third kappa shape index (κ3) is 3.74. The van der Waals surface area contributed by atoms with Gasteiger partial charge in [0.25, 0.3) is 15.9 Å². The Bertz CT molecular complexity index is 986. The van der Waals surface area contributed by atoms with Crippen LogP contribution < -0.4 is 9.62 Å². The summed E-state index contributed by atoms with van der Waals surface area (Å²) in [6, 6.07) is 11.3. The van der Waals surface area contributed by atoms with Crippen LogP contribution in [0.5, 0.6) is 0 Å². The van der Waals surface area contributed by atoms with E-state index >= 15 is 0 Å². The molecule has 0 radical (unpaired) electrons. The quantitative estimate of drug-likeness (QED) is 0.806. The summed E-state index contributed by atoms with van der Waals surface area (Å²) in [5, 5.41) is 3.38. The molecule has 2 aromatic carbocycles. The Morgan fingerprint density at radius 1 is 1.21 bits per heavy atom. The molecule has 0 bridgehead atoms. The van der Waals surface area contributed by atoms with Gasteiger partial charge < -0.3 is 10.1 Å². The molecule has 4 rings (SSSR count). The number of sulfonamides is 1. The minimum atomic E-state index is -3.67. The number of halogens is 1. The number of amides is 1. The molecule has 8 heteroatoms. The molecule has 0 aliphatic carbocycles. The first kappa shape index (κ1) is 19.2. The predicted octanol–water partition coefficient (Wildman–Crippen LogP) is 3.00. The van der Waals surface area contributed by atoms with Crippen molar-refractivity contribution in [2.45, 2.75) is 30.3 Å². The second kappa shape index (κ2) is 7.73. The number of hydrogen-bond donors (Lipinski definition) is 1. The van der Waals surface area contributed by atoms with Gasteiger partial charge in [-0.1, -0.05) is 11.6 Å². The maximum Gasteiger partial charge on any atom is 0.264 e. The Hall–Kier alpha value is -2.09.